The quantitative estimate of drug-likeness (QED) is 0.690. The number of ether oxygens (including phenoxy) is 1. The Bertz CT molecular complexity index is 390. The van der Waals surface area contributed by atoms with Gasteiger partial charge in [-0.2, -0.15) is 0 Å². The molecule has 0 spiro atoms. The molecule has 20 heavy (non-hydrogen) atoms. The van der Waals surface area contributed by atoms with Crippen molar-refractivity contribution in [2.24, 2.45) is 5.73 Å². The Morgan fingerprint density at radius 2 is 2.00 bits per heavy atom. The van der Waals surface area contributed by atoms with Crippen LogP contribution in [0.15, 0.2) is 24.3 Å². The molecule has 0 fully saturated rings. The van der Waals surface area contributed by atoms with Crippen LogP contribution >= 0.6 is 0 Å². The van der Waals surface area contributed by atoms with Gasteiger partial charge in [0.2, 0.25) is 5.91 Å². The maximum atomic E-state index is 10.6. The first kappa shape index (κ1) is 16.3. The number of hydrogen-bond donors (Lipinski definition) is 2. The van der Waals surface area contributed by atoms with Crippen LogP contribution in [0.4, 0.5) is 5.69 Å². The molecular weight excluding hydrogens is 252 g/mol. The average molecular weight is 278 g/mol. The van der Waals surface area contributed by atoms with E-state index in [1.165, 1.54) is 19.3 Å². The molecule has 0 bridgehead atoms. The molecule has 0 heterocycles. The van der Waals surface area contributed by atoms with Gasteiger partial charge in [-0.1, -0.05) is 26.7 Å². The lowest BCUT2D eigenvalue weighted by Gasteiger charge is -2.18. The maximum absolute atomic E-state index is 10.6. The van der Waals surface area contributed by atoms with Crippen LogP contribution in [0.1, 0.15) is 46.0 Å². The zero-order valence-electron chi connectivity index (χ0n) is 12.5. The molecule has 1 rings (SSSR count). The van der Waals surface area contributed by atoms with Crippen LogP contribution in [-0.2, 0) is 4.79 Å². The number of rotatable bonds is 10. The molecule has 0 aromatic heterocycles. The zero-order chi connectivity index (χ0) is 14.8. The van der Waals surface area contributed by atoms with Crippen molar-refractivity contribution < 1.29 is 9.53 Å². The number of hydrogen-bond acceptors (Lipinski definition) is 3. The summed E-state index contributed by atoms with van der Waals surface area (Å²) in [5.74, 6) is 0.420. The van der Waals surface area contributed by atoms with E-state index >= 15 is 0 Å². The lowest BCUT2D eigenvalue weighted by molar-refractivity contribution is -0.118. The van der Waals surface area contributed by atoms with Gasteiger partial charge in [0.15, 0.2) is 0 Å². The van der Waals surface area contributed by atoms with Crippen LogP contribution in [0.3, 0.4) is 0 Å². The molecule has 1 aromatic rings. The molecule has 0 aliphatic rings. The van der Waals surface area contributed by atoms with Gasteiger partial charge in [-0.05, 0) is 37.1 Å². The minimum atomic E-state index is -0.343. The molecule has 112 valence electrons. The first-order chi connectivity index (χ1) is 9.65. The number of nitrogens with one attached hydrogen (secondary N) is 1. The largest absolute Gasteiger partial charge is 0.493 e. The number of nitrogens with two attached hydrogens (primary N) is 1. The van der Waals surface area contributed by atoms with Gasteiger partial charge in [0.1, 0.15) is 5.75 Å². The van der Waals surface area contributed by atoms with Gasteiger partial charge in [0.05, 0.1) is 13.0 Å². The predicted octanol–water partition coefficient (Wildman–Crippen LogP) is 3.32. The minimum absolute atomic E-state index is 0.245. The summed E-state index contributed by atoms with van der Waals surface area (Å²) in [5.41, 5.74) is 6.17. The van der Waals surface area contributed by atoms with E-state index in [-0.39, 0.29) is 12.3 Å². The summed E-state index contributed by atoms with van der Waals surface area (Å²) in [7, 11) is 0. The fraction of sp³-hybridized carbons (Fsp3) is 0.562. The van der Waals surface area contributed by atoms with Crippen molar-refractivity contribution in [3.63, 3.8) is 0 Å². The summed E-state index contributed by atoms with van der Waals surface area (Å²) in [4.78, 5) is 10.6. The topological polar surface area (TPSA) is 64.3 Å². The minimum Gasteiger partial charge on any atom is -0.493 e. The Morgan fingerprint density at radius 3 is 2.55 bits per heavy atom. The van der Waals surface area contributed by atoms with Gasteiger partial charge in [-0.3, -0.25) is 4.79 Å². The number of unbranched alkanes of at least 4 members (excludes halogenated alkanes) is 1. The van der Waals surface area contributed by atoms with Crippen molar-refractivity contribution in [3.05, 3.63) is 24.3 Å². The molecule has 1 aromatic carbocycles. The lowest BCUT2D eigenvalue weighted by atomic mass is 10.1. The van der Waals surface area contributed by atoms with E-state index < -0.39 is 0 Å². The van der Waals surface area contributed by atoms with Crippen molar-refractivity contribution in [3.8, 4) is 5.75 Å². The van der Waals surface area contributed by atoms with Crippen molar-refractivity contribution in [2.75, 3.05) is 11.9 Å². The second-order valence-electron chi connectivity index (χ2n) is 4.98. The van der Waals surface area contributed by atoms with E-state index in [0.29, 0.717) is 12.6 Å². The normalized spacial score (nSPS) is 11.9. The van der Waals surface area contributed by atoms with Crippen LogP contribution in [0.25, 0.3) is 0 Å². The fourth-order valence-electron chi connectivity index (χ4n) is 1.98. The lowest BCUT2D eigenvalue weighted by Crippen LogP contribution is -2.18. The van der Waals surface area contributed by atoms with Crippen LogP contribution in [0.2, 0.25) is 0 Å². The Balaban J connectivity index is 2.42. The van der Waals surface area contributed by atoms with Gasteiger partial charge < -0.3 is 15.8 Å². The van der Waals surface area contributed by atoms with Gasteiger partial charge in [0, 0.05) is 11.7 Å². The Kier molecular flexibility index (Phi) is 7.55. The smallest absolute Gasteiger partial charge is 0.220 e. The van der Waals surface area contributed by atoms with E-state index in [4.69, 9.17) is 10.5 Å². The van der Waals surface area contributed by atoms with Gasteiger partial charge >= 0.3 is 0 Å². The summed E-state index contributed by atoms with van der Waals surface area (Å²) in [6, 6.07) is 8.37. The molecule has 0 saturated carbocycles. The molecular formula is C16H26N2O2. The van der Waals surface area contributed by atoms with Crippen LogP contribution < -0.4 is 15.8 Å². The summed E-state index contributed by atoms with van der Waals surface area (Å²) in [6.07, 6.45) is 5.04. The van der Waals surface area contributed by atoms with Crippen LogP contribution in [0.5, 0.6) is 5.75 Å². The summed E-state index contributed by atoms with van der Waals surface area (Å²) in [6.45, 7) is 4.75. The molecule has 1 atom stereocenters. The van der Waals surface area contributed by atoms with Gasteiger partial charge in [0.25, 0.3) is 0 Å². The maximum Gasteiger partial charge on any atom is 0.220 e. The number of benzene rings is 1. The van der Waals surface area contributed by atoms with Crippen molar-refractivity contribution in [1.82, 2.24) is 0 Å². The monoisotopic (exact) mass is 278 g/mol. The standard InChI is InChI=1S/C16H26N2O2/c1-3-5-6-13(4-2)18-14-7-9-15(10-8-14)20-12-11-16(17)19/h7-10,13,18H,3-6,11-12H2,1-2H3,(H2,17,19). The molecule has 1 amide bonds. The van der Waals surface area contributed by atoms with Gasteiger partial charge in [-0.15, -0.1) is 0 Å². The number of anilines is 1. The van der Waals surface area contributed by atoms with E-state index in [9.17, 15) is 4.79 Å². The van der Waals surface area contributed by atoms with Crippen LogP contribution in [0, 0.1) is 0 Å². The highest BCUT2D eigenvalue weighted by atomic mass is 16.5. The SMILES string of the molecule is CCCCC(CC)Nc1ccc(OCCC(N)=O)cc1. The zero-order valence-corrected chi connectivity index (χ0v) is 12.5. The van der Waals surface area contributed by atoms with E-state index in [0.717, 1.165) is 17.9 Å². The van der Waals surface area contributed by atoms with Crippen molar-refractivity contribution in [2.45, 2.75) is 52.0 Å². The van der Waals surface area contributed by atoms with Gasteiger partial charge in [-0.25, -0.2) is 0 Å². The van der Waals surface area contributed by atoms with Crippen LogP contribution in [-0.4, -0.2) is 18.6 Å². The highest BCUT2D eigenvalue weighted by molar-refractivity contribution is 5.73. The molecule has 0 saturated heterocycles. The number of primary amides is 1. The summed E-state index contributed by atoms with van der Waals surface area (Å²) in [5, 5.41) is 3.54. The Morgan fingerprint density at radius 1 is 1.30 bits per heavy atom. The van der Waals surface area contributed by atoms with E-state index in [1.54, 1.807) is 0 Å². The van der Waals surface area contributed by atoms with E-state index in [1.807, 2.05) is 24.3 Å². The van der Waals surface area contributed by atoms with Crippen molar-refractivity contribution >= 4 is 11.6 Å². The molecule has 3 N–H and O–H groups in total. The number of amides is 1. The Hall–Kier alpha value is -1.71. The molecule has 4 nitrogen and oxygen atoms in total. The molecule has 1 unspecified atom stereocenters. The molecule has 0 aliphatic heterocycles. The first-order valence-corrected chi connectivity index (χ1v) is 7.43. The van der Waals surface area contributed by atoms with E-state index in [2.05, 4.69) is 19.2 Å². The molecule has 0 radical (unpaired) electrons. The Labute approximate surface area is 121 Å². The highest BCUT2D eigenvalue weighted by Gasteiger charge is 2.05. The third-order valence-corrected chi connectivity index (χ3v) is 3.24. The third kappa shape index (κ3) is 6.45. The second-order valence-corrected chi connectivity index (χ2v) is 4.98. The molecule has 0 aliphatic carbocycles. The number of carbonyl (C=O) groups is 1. The predicted molar refractivity (Wildman–Crippen MR) is 83.0 cm³/mol. The number of carbonyl (C=O) groups excluding carboxylic acids is 1. The summed E-state index contributed by atoms with van der Waals surface area (Å²) < 4.78 is 5.44. The first-order valence-electron chi connectivity index (χ1n) is 7.43. The highest BCUT2D eigenvalue weighted by Crippen LogP contribution is 2.18. The molecule has 4 heteroatoms. The third-order valence-electron chi connectivity index (χ3n) is 3.24. The summed E-state index contributed by atoms with van der Waals surface area (Å²) >= 11 is 0. The average Bonchev–Trinajstić information content (AvgIpc) is 2.44. The second kappa shape index (κ2) is 9.23. The van der Waals surface area contributed by atoms with Crippen molar-refractivity contribution in [1.29, 1.82) is 0 Å². The fourth-order valence-corrected chi connectivity index (χ4v) is 1.98.